The van der Waals surface area contributed by atoms with Gasteiger partial charge in [-0.2, -0.15) is 10.4 Å². The van der Waals surface area contributed by atoms with Gasteiger partial charge in [-0.25, -0.2) is 4.68 Å². The van der Waals surface area contributed by atoms with Gasteiger partial charge in [0.15, 0.2) is 0 Å². The van der Waals surface area contributed by atoms with Crippen molar-refractivity contribution in [1.82, 2.24) is 9.78 Å². The number of nitriles is 1. The fourth-order valence-electron chi connectivity index (χ4n) is 1.78. The fraction of sp³-hybridized carbons (Fsp3) is 0.231. The number of benzene rings is 1. The van der Waals surface area contributed by atoms with Crippen molar-refractivity contribution in [3.05, 3.63) is 33.8 Å². The average Bonchev–Trinajstić information content (AvgIpc) is 2.66. The first-order valence-corrected chi connectivity index (χ1v) is 6.39. The molecular formula is C13H11Cl2N3O. The van der Waals surface area contributed by atoms with Crippen LogP contribution in [0.25, 0.3) is 11.3 Å². The summed E-state index contributed by atoms with van der Waals surface area (Å²) in [5.74, 6) is 0.436. The monoisotopic (exact) mass is 295 g/mol. The smallest absolute Gasteiger partial charge is 0.230 e. The van der Waals surface area contributed by atoms with Gasteiger partial charge in [0.25, 0.3) is 0 Å². The molecule has 98 valence electrons. The van der Waals surface area contributed by atoms with Gasteiger partial charge in [0.2, 0.25) is 5.88 Å². The van der Waals surface area contributed by atoms with E-state index in [4.69, 9.17) is 27.9 Å². The molecule has 0 radical (unpaired) electrons. The molecule has 2 rings (SSSR count). The molecule has 19 heavy (non-hydrogen) atoms. The molecule has 0 amide bonds. The fourth-order valence-corrected chi connectivity index (χ4v) is 2.28. The van der Waals surface area contributed by atoms with Crippen LogP contribution in [0, 0.1) is 11.3 Å². The van der Waals surface area contributed by atoms with Crippen molar-refractivity contribution in [2.45, 2.75) is 6.92 Å². The van der Waals surface area contributed by atoms with Gasteiger partial charge in [-0.15, -0.1) is 0 Å². The molecule has 1 aromatic carbocycles. The van der Waals surface area contributed by atoms with Crippen molar-refractivity contribution in [2.75, 3.05) is 6.61 Å². The van der Waals surface area contributed by atoms with Crippen LogP contribution in [-0.4, -0.2) is 16.4 Å². The molecule has 0 aliphatic heterocycles. The van der Waals surface area contributed by atoms with Crippen LogP contribution in [-0.2, 0) is 7.05 Å². The Hall–Kier alpha value is -1.70. The molecule has 0 atom stereocenters. The molecule has 0 fully saturated rings. The number of aryl methyl sites for hydroxylation is 1. The van der Waals surface area contributed by atoms with Gasteiger partial charge in [0, 0.05) is 17.6 Å². The van der Waals surface area contributed by atoms with Crippen molar-refractivity contribution in [3.8, 4) is 23.2 Å². The first-order chi connectivity index (χ1) is 9.08. The van der Waals surface area contributed by atoms with Crippen LogP contribution in [0.4, 0.5) is 0 Å². The third-order valence-corrected chi connectivity index (χ3v) is 3.12. The molecule has 6 heteroatoms. The summed E-state index contributed by atoms with van der Waals surface area (Å²) in [6, 6.07) is 7.18. The van der Waals surface area contributed by atoms with Gasteiger partial charge in [-0.1, -0.05) is 23.2 Å². The Kier molecular flexibility index (Phi) is 3.98. The van der Waals surface area contributed by atoms with E-state index >= 15 is 0 Å². The third kappa shape index (κ3) is 2.53. The highest BCUT2D eigenvalue weighted by Crippen LogP contribution is 2.34. The van der Waals surface area contributed by atoms with Crippen molar-refractivity contribution in [1.29, 1.82) is 5.26 Å². The Bertz CT molecular complexity index is 659. The van der Waals surface area contributed by atoms with Crippen LogP contribution in [0.15, 0.2) is 18.2 Å². The molecule has 1 heterocycles. The van der Waals surface area contributed by atoms with E-state index in [-0.39, 0.29) is 0 Å². The highest BCUT2D eigenvalue weighted by molar-refractivity contribution is 6.36. The quantitative estimate of drug-likeness (QED) is 0.868. The molecule has 0 spiro atoms. The molecule has 1 aromatic heterocycles. The van der Waals surface area contributed by atoms with Gasteiger partial charge >= 0.3 is 0 Å². The zero-order chi connectivity index (χ0) is 14.0. The summed E-state index contributed by atoms with van der Waals surface area (Å²) in [4.78, 5) is 0. The summed E-state index contributed by atoms with van der Waals surface area (Å²) < 4.78 is 6.96. The number of aromatic nitrogens is 2. The predicted molar refractivity (Wildman–Crippen MR) is 74.5 cm³/mol. The van der Waals surface area contributed by atoms with E-state index in [0.29, 0.717) is 39.4 Å². The molecular weight excluding hydrogens is 285 g/mol. The molecule has 4 nitrogen and oxygen atoms in total. The normalized spacial score (nSPS) is 10.3. The minimum Gasteiger partial charge on any atom is -0.477 e. The predicted octanol–water partition coefficient (Wildman–Crippen LogP) is 3.66. The van der Waals surface area contributed by atoms with Crippen molar-refractivity contribution < 1.29 is 4.74 Å². The van der Waals surface area contributed by atoms with Crippen LogP contribution >= 0.6 is 23.2 Å². The molecule has 0 aliphatic rings. The van der Waals surface area contributed by atoms with Crippen LogP contribution in [0.3, 0.4) is 0 Å². The molecule has 2 aromatic rings. The van der Waals surface area contributed by atoms with Crippen LogP contribution in [0.1, 0.15) is 12.5 Å². The van der Waals surface area contributed by atoms with Gasteiger partial charge in [-0.3, -0.25) is 0 Å². The number of halogens is 2. The lowest BCUT2D eigenvalue weighted by molar-refractivity contribution is 0.308. The molecule has 0 aliphatic carbocycles. The van der Waals surface area contributed by atoms with E-state index in [1.807, 2.05) is 6.92 Å². The van der Waals surface area contributed by atoms with Gasteiger partial charge in [-0.05, 0) is 25.1 Å². The summed E-state index contributed by atoms with van der Waals surface area (Å²) in [5.41, 5.74) is 1.52. The van der Waals surface area contributed by atoms with Crippen LogP contribution in [0.5, 0.6) is 5.88 Å². The summed E-state index contributed by atoms with van der Waals surface area (Å²) in [6.45, 7) is 2.31. The number of hydrogen-bond acceptors (Lipinski definition) is 3. The van der Waals surface area contributed by atoms with Crippen molar-refractivity contribution in [2.24, 2.45) is 7.05 Å². The van der Waals surface area contributed by atoms with E-state index in [0.717, 1.165) is 0 Å². The second-order valence-electron chi connectivity index (χ2n) is 3.82. The maximum Gasteiger partial charge on any atom is 0.230 e. The molecule has 0 bridgehead atoms. The maximum atomic E-state index is 9.29. The summed E-state index contributed by atoms with van der Waals surface area (Å²) in [5, 5.41) is 14.6. The lowest BCUT2D eigenvalue weighted by Crippen LogP contribution is -2.00. The number of hydrogen-bond donors (Lipinski definition) is 0. The number of nitrogens with zero attached hydrogens (tertiary/aromatic N) is 3. The van der Waals surface area contributed by atoms with E-state index < -0.39 is 0 Å². The Labute approximate surface area is 121 Å². The SMILES string of the molecule is CCOc1c(C#N)c(-c2ccc(Cl)cc2Cl)nn1C. The average molecular weight is 296 g/mol. The Morgan fingerprint density at radius 1 is 1.42 bits per heavy atom. The molecule has 0 saturated carbocycles. The lowest BCUT2D eigenvalue weighted by atomic mass is 10.1. The lowest BCUT2D eigenvalue weighted by Gasteiger charge is -2.02. The van der Waals surface area contributed by atoms with E-state index in [2.05, 4.69) is 11.2 Å². The van der Waals surface area contributed by atoms with Gasteiger partial charge in [0.05, 0.1) is 11.6 Å². The summed E-state index contributed by atoms with van der Waals surface area (Å²) in [6.07, 6.45) is 0. The molecule has 0 N–H and O–H groups in total. The Morgan fingerprint density at radius 2 is 2.16 bits per heavy atom. The highest BCUT2D eigenvalue weighted by atomic mass is 35.5. The maximum absolute atomic E-state index is 9.29. The first-order valence-electron chi connectivity index (χ1n) is 5.63. The second-order valence-corrected chi connectivity index (χ2v) is 4.66. The second kappa shape index (κ2) is 5.52. The largest absolute Gasteiger partial charge is 0.477 e. The topological polar surface area (TPSA) is 50.8 Å². The standard InChI is InChI=1S/C13H11Cl2N3O/c1-3-19-13-10(7-16)12(17-18(13)2)9-5-4-8(14)6-11(9)15/h4-6H,3H2,1-2H3. The van der Waals surface area contributed by atoms with E-state index in [1.165, 1.54) is 4.68 Å². The first kappa shape index (κ1) is 13.7. The molecule has 0 unspecified atom stereocenters. The van der Waals surface area contributed by atoms with Crippen LogP contribution < -0.4 is 4.74 Å². The van der Waals surface area contributed by atoms with Gasteiger partial charge < -0.3 is 4.74 Å². The Morgan fingerprint density at radius 3 is 2.74 bits per heavy atom. The van der Waals surface area contributed by atoms with Gasteiger partial charge in [0.1, 0.15) is 17.3 Å². The van der Waals surface area contributed by atoms with Crippen LogP contribution in [0.2, 0.25) is 10.0 Å². The zero-order valence-corrected chi connectivity index (χ0v) is 12.0. The highest BCUT2D eigenvalue weighted by Gasteiger charge is 2.20. The minimum absolute atomic E-state index is 0.369. The number of ether oxygens (including phenoxy) is 1. The zero-order valence-electron chi connectivity index (χ0n) is 10.4. The third-order valence-electron chi connectivity index (χ3n) is 2.57. The number of rotatable bonds is 3. The summed E-state index contributed by atoms with van der Waals surface area (Å²) >= 11 is 12.0. The molecule has 0 saturated heterocycles. The Balaban J connectivity index is 2.63. The minimum atomic E-state index is 0.369. The van der Waals surface area contributed by atoms with E-state index in [1.54, 1.807) is 25.2 Å². The van der Waals surface area contributed by atoms with Crippen molar-refractivity contribution in [3.63, 3.8) is 0 Å². The van der Waals surface area contributed by atoms with E-state index in [9.17, 15) is 5.26 Å². The van der Waals surface area contributed by atoms with Crippen molar-refractivity contribution >= 4 is 23.2 Å². The summed E-state index contributed by atoms with van der Waals surface area (Å²) in [7, 11) is 1.72.